The van der Waals surface area contributed by atoms with Crippen molar-refractivity contribution >= 4 is 38.5 Å². The highest BCUT2D eigenvalue weighted by molar-refractivity contribution is 7.90. The van der Waals surface area contributed by atoms with Crippen molar-refractivity contribution in [3.63, 3.8) is 0 Å². The van der Waals surface area contributed by atoms with Gasteiger partial charge in [-0.15, -0.1) is 0 Å². The van der Waals surface area contributed by atoms with Crippen molar-refractivity contribution in [2.75, 3.05) is 0 Å². The number of nitriles is 2. The molecular weight excluding hydrogens is 644 g/mol. The molecule has 0 aliphatic carbocycles. The molecule has 0 unspecified atom stereocenters. The van der Waals surface area contributed by atoms with Crippen LogP contribution in [0.25, 0.3) is 44.4 Å². The second-order valence-corrected chi connectivity index (χ2v) is 12.6. The van der Waals surface area contributed by atoms with Crippen LogP contribution in [0.15, 0.2) is 114 Å². The first-order valence-electron chi connectivity index (χ1n) is 13.9. The Morgan fingerprint density at radius 3 is 2.04 bits per heavy atom. The summed E-state index contributed by atoms with van der Waals surface area (Å²) < 4.78 is 56.9. The molecule has 7 nitrogen and oxygen atoms in total. The van der Waals surface area contributed by atoms with Crippen LogP contribution in [0.5, 0.6) is 0 Å². The van der Waals surface area contributed by atoms with E-state index < -0.39 is 22.4 Å². The lowest BCUT2D eigenvalue weighted by Gasteiger charge is -2.16. The smallest absolute Gasteiger partial charge is 0.335 e. The molecule has 0 aliphatic heterocycles. The van der Waals surface area contributed by atoms with Gasteiger partial charge in [0.05, 0.1) is 44.9 Å². The third-order valence-corrected chi connectivity index (χ3v) is 9.76. The lowest BCUT2D eigenvalue weighted by Crippen LogP contribution is -2.14. The van der Waals surface area contributed by atoms with Crippen LogP contribution in [0.1, 0.15) is 33.5 Å². The van der Waals surface area contributed by atoms with Crippen LogP contribution in [0.4, 0.5) is 8.78 Å². The van der Waals surface area contributed by atoms with Gasteiger partial charge >= 0.3 is 5.97 Å². The van der Waals surface area contributed by atoms with Gasteiger partial charge in [-0.1, -0.05) is 72.3 Å². The molecule has 1 aromatic heterocycles. The fourth-order valence-corrected chi connectivity index (χ4v) is 7.43. The van der Waals surface area contributed by atoms with Gasteiger partial charge in [-0.05, 0) is 54.1 Å². The maximum absolute atomic E-state index is 14.6. The second-order valence-electron chi connectivity index (χ2n) is 10.4. The normalized spacial score (nSPS) is 11.4. The topological polar surface area (TPSA) is 124 Å². The number of alkyl halides is 2. The van der Waals surface area contributed by atoms with Gasteiger partial charge in [0.2, 0.25) is 0 Å². The number of rotatable bonds is 7. The van der Waals surface area contributed by atoms with E-state index in [0.29, 0.717) is 27.6 Å². The van der Waals surface area contributed by atoms with Crippen molar-refractivity contribution in [1.29, 1.82) is 10.5 Å². The average Bonchev–Trinajstić information content (AvgIpc) is 3.43. The lowest BCUT2D eigenvalue weighted by molar-refractivity contribution is 0.0697. The molecule has 0 bridgehead atoms. The average molecular weight is 664 g/mol. The maximum Gasteiger partial charge on any atom is 0.335 e. The Bertz CT molecular complexity index is 2390. The van der Waals surface area contributed by atoms with E-state index in [4.69, 9.17) is 11.6 Å². The van der Waals surface area contributed by atoms with E-state index in [0.717, 1.165) is 28.2 Å². The zero-order chi connectivity index (χ0) is 33.5. The Kier molecular flexibility index (Phi) is 8.08. The van der Waals surface area contributed by atoms with Gasteiger partial charge in [0.15, 0.2) is 0 Å². The third-order valence-electron chi connectivity index (χ3n) is 7.72. The number of carboxylic acids is 1. The van der Waals surface area contributed by atoms with Crippen molar-refractivity contribution in [3.05, 3.63) is 136 Å². The summed E-state index contributed by atoms with van der Waals surface area (Å²) in [7, 11) is -4.50. The molecule has 1 N–H and O–H groups in total. The van der Waals surface area contributed by atoms with Gasteiger partial charge < -0.3 is 5.11 Å². The van der Waals surface area contributed by atoms with E-state index in [1.165, 1.54) is 24.3 Å². The summed E-state index contributed by atoms with van der Waals surface area (Å²) in [5, 5.41) is 30.2. The summed E-state index contributed by atoms with van der Waals surface area (Å²) in [5.74, 6) is -1.15. The molecule has 230 valence electrons. The zero-order valence-corrected chi connectivity index (χ0v) is 25.6. The maximum atomic E-state index is 14.6. The minimum absolute atomic E-state index is 0.0154. The molecule has 1 heterocycles. The summed E-state index contributed by atoms with van der Waals surface area (Å²) in [6.07, 6.45) is -2.80. The minimum Gasteiger partial charge on any atom is -0.478 e. The number of fused-ring (bicyclic) bond motifs is 1. The van der Waals surface area contributed by atoms with Gasteiger partial charge in [0.25, 0.3) is 16.4 Å². The number of para-hydroxylation sites is 1. The third kappa shape index (κ3) is 5.40. The minimum atomic E-state index is -4.50. The number of carboxylic acid groups (broad SMARTS) is 1. The molecule has 0 amide bonds. The van der Waals surface area contributed by atoms with E-state index in [1.807, 2.05) is 0 Å². The van der Waals surface area contributed by atoms with Crippen molar-refractivity contribution < 1.29 is 27.1 Å². The van der Waals surface area contributed by atoms with Gasteiger partial charge in [-0.25, -0.2) is 26.0 Å². The predicted molar refractivity (Wildman–Crippen MR) is 174 cm³/mol. The van der Waals surface area contributed by atoms with E-state index >= 15 is 0 Å². The van der Waals surface area contributed by atoms with Gasteiger partial charge in [0.1, 0.15) is 0 Å². The van der Waals surface area contributed by atoms with Crippen LogP contribution < -0.4 is 0 Å². The van der Waals surface area contributed by atoms with Crippen LogP contribution in [-0.2, 0) is 10.0 Å². The Morgan fingerprint density at radius 2 is 1.43 bits per heavy atom. The number of hydrogen-bond acceptors (Lipinski definition) is 5. The molecule has 0 aliphatic rings. The van der Waals surface area contributed by atoms with Gasteiger partial charge in [0, 0.05) is 38.2 Å². The molecule has 5 aromatic carbocycles. The Balaban J connectivity index is 1.74. The van der Waals surface area contributed by atoms with Crippen LogP contribution in [0.2, 0.25) is 5.02 Å². The largest absolute Gasteiger partial charge is 0.478 e. The summed E-state index contributed by atoms with van der Waals surface area (Å²) >= 11 is 6.51. The molecule has 0 fully saturated rings. The highest BCUT2D eigenvalue weighted by Crippen LogP contribution is 2.46. The molecule has 6 rings (SSSR count). The van der Waals surface area contributed by atoms with E-state index in [9.17, 15) is 37.6 Å². The molecule has 0 saturated carbocycles. The highest BCUT2D eigenvalue weighted by atomic mass is 35.5. The number of halogens is 3. The van der Waals surface area contributed by atoms with Crippen molar-refractivity contribution in [1.82, 2.24) is 3.97 Å². The standard InChI is InChI=1S/C36H20ClF2N3O4S/c37-30-18-24(36(43)44)13-16-28(30)22-5-3-6-23(17-22)34-33(32-25(19-40)7-4-8-26(32)20-41)29-9-1-2-10-31(29)42(34)47(45,46)27-14-11-21(12-15-27)35(38)39/h1-18,35H,(H,43,44). The van der Waals surface area contributed by atoms with Crippen molar-refractivity contribution in [2.45, 2.75) is 11.3 Å². The quantitative estimate of drug-likeness (QED) is 0.182. The second kappa shape index (κ2) is 12.2. The van der Waals surface area contributed by atoms with E-state index in [-0.39, 0.29) is 48.9 Å². The molecular formula is C36H20ClF2N3O4S. The van der Waals surface area contributed by atoms with Crippen molar-refractivity contribution in [3.8, 4) is 45.6 Å². The Hall–Kier alpha value is -5.81. The van der Waals surface area contributed by atoms with Gasteiger partial charge in [-0.2, -0.15) is 10.5 Å². The molecule has 0 radical (unpaired) electrons. The number of hydrogen-bond donors (Lipinski definition) is 1. The first kappa shape index (κ1) is 31.2. The molecule has 0 spiro atoms. The molecule has 6 aromatic rings. The van der Waals surface area contributed by atoms with Crippen LogP contribution in [0.3, 0.4) is 0 Å². The molecule has 0 atom stereocenters. The summed E-state index contributed by atoms with van der Waals surface area (Å²) in [5.41, 5.74) is 2.13. The monoisotopic (exact) mass is 663 g/mol. The van der Waals surface area contributed by atoms with Crippen LogP contribution in [-0.4, -0.2) is 23.5 Å². The number of aromatic nitrogens is 1. The fraction of sp³-hybridized carbons (Fsp3) is 0.0278. The molecule has 11 heteroatoms. The lowest BCUT2D eigenvalue weighted by atomic mass is 9.90. The Morgan fingerprint density at radius 1 is 0.787 bits per heavy atom. The highest BCUT2D eigenvalue weighted by Gasteiger charge is 2.31. The fourth-order valence-electron chi connectivity index (χ4n) is 5.59. The number of nitrogens with zero attached hydrogens (tertiary/aromatic N) is 3. The number of benzene rings is 5. The Labute approximate surface area is 272 Å². The number of carbonyl (C=O) groups is 1. The van der Waals surface area contributed by atoms with Crippen molar-refractivity contribution in [2.24, 2.45) is 0 Å². The van der Waals surface area contributed by atoms with Crippen LogP contribution >= 0.6 is 11.6 Å². The zero-order valence-electron chi connectivity index (χ0n) is 24.0. The molecule has 47 heavy (non-hydrogen) atoms. The number of aromatic carboxylic acids is 1. The van der Waals surface area contributed by atoms with Crippen LogP contribution in [0, 0.1) is 22.7 Å². The summed E-state index contributed by atoms with van der Waals surface area (Å²) in [6.45, 7) is 0. The van der Waals surface area contributed by atoms with E-state index in [2.05, 4.69) is 12.1 Å². The van der Waals surface area contributed by atoms with E-state index in [1.54, 1.807) is 60.7 Å². The summed E-state index contributed by atoms with van der Waals surface area (Å²) in [4.78, 5) is 11.2. The molecule has 0 saturated heterocycles. The first-order valence-corrected chi connectivity index (χ1v) is 15.7. The summed E-state index contributed by atoms with van der Waals surface area (Å²) in [6, 6.07) is 30.8. The van der Waals surface area contributed by atoms with Gasteiger partial charge in [-0.3, -0.25) is 0 Å². The first-order chi connectivity index (χ1) is 22.6. The SMILES string of the molecule is N#Cc1cccc(C#N)c1-c1c(-c2cccc(-c3ccc(C(=O)O)cc3Cl)c2)n(S(=O)(=O)c2ccc(C(F)F)cc2)c2ccccc12. The predicted octanol–water partition coefficient (Wildman–Crippen LogP) is 8.91.